The summed E-state index contributed by atoms with van der Waals surface area (Å²) in [6, 6.07) is 1.55. The van der Waals surface area contributed by atoms with Crippen molar-refractivity contribution < 1.29 is 9.32 Å². The van der Waals surface area contributed by atoms with Crippen LogP contribution >= 0.6 is 0 Å². The summed E-state index contributed by atoms with van der Waals surface area (Å²) >= 11 is 0. The van der Waals surface area contributed by atoms with Gasteiger partial charge < -0.3 is 15.6 Å². The molecule has 78 valence electrons. The molecule has 0 fully saturated rings. The summed E-state index contributed by atoms with van der Waals surface area (Å²) in [7, 11) is 0. The molecule has 1 heterocycles. The van der Waals surface area contributed by atoms with Gasteiger partial charge in [0, 0.05) is 12.6 Å². The summed E-state index contributed by atoms with van der Waals surface area (Å²) in [6.45, 7) is 4.93. The van der Waals surface area contributed by atoms with E-state index in [9.17, 15) is 4.79 Å². The van der Waals surface area contributed by atoms with Gasteiger partial charge in [-0.1, -0.05) is 19.0 Å². The van der Waals surface area contributed by atoms with Crippen molar-refractivity contribution in [1.82, 2.24) is 10.5 Å². The van der Waals surface area contributed by atoms with Crippen LogP contribution in [-0.4, -0.2) is 17.6 Å². The third-order valence-corrected chi connectivity index (χ3v) is 1.66. The average molecular weight is 197 g/mol. The number of carbonyl (C=O) groups is 1. The molecule has 0 saturated heterocycles. The molecule has 0 saturated carbocycles. The first-order valence-corrected chi connectivity index (χ1v) is 4.57. The lowest BCUT2D eigenvalue weighted by atomic mass is 10.2. The maximum Gasteiger partial charge on any atom is 0.273 e. The number of nitrogens with two attached hydrogens (primary N) is 1. The molecule has 0 unspecified atom stereocenters. The van der Waals surface area contributed by atoms with Gasteiger partial charge in [0.05, 0.1) is 6.54 Å². The topological polar surface area (TPSA) is 81.2 Å². The summed E-state index contributed by atoms with van der Waals surface area (Å²) in [5.74, 6) is 0.710. The normalized spacial score (nSPS) is 10.6. The van der Waals surface area contributed by atoms with Crippen molar-refractivity contribution in [2.45, 2.75) is 20.4 Å². The van der Waals surface area contributed by atoms with Gasteiger partial charge in [-0.2, -0.15) is 0 Å². The van der Waals surface area contributed by atoms with Crippen LogP contribution in [0.25, 0.3) is 0 Å². The molecule has 0 aliphatic rings. The molecule has 0 bridgehead atoms. The molecule has 0 spiro atoms. The zero-order valence-electron chi connectivity index (χ0n) is 8.41. The summed E-state index contributed by atoms with van der Waals surface area (Å²) < 4.78 is 4.81. The fraction of sp³-hybridized carbons (Fsp3) is 0.556. The molecule has 1 amide bonds. The van der Waals surface area contributed by atoms with Crippen LogP contribution in [-0.2, 0) is 6.54 Å². The molecule has 1 rings (SSSR count). The number of hydrogen-bond acceptors (Lipinski definition) is 4. The minimum atomic E-state index is -0.220. The molecule has 5 nitrogen and oxygen atoms in total. The Labute approximate surface area is 82.6 Å². The van der Waals surface area contributed by atoms with E-state index in [1.165, 1.54) is 0 Å². The summed E-state index contributed by atoms with van der Waals surface area (Å²) in [5, 5.41) is 6.33. The molecule has 3 N–H and O–H groups in total. The number of nitrogens with zero attached hydrogens (tertiary/aromatic N) is 1. The molecule has 0 radical (unpaired) electrons. The van der Waals surface area contributed by atoms with Crippen molar-refractivity contribution in [2.24, 2.45) is 11.7 Å². The zero-order chi connectivity index (χ0) is 10.6. The Morgan fingerprint density at radius 2 is 2.43 bits per heavy atom. The highest BCUT2D eigenvalue weighted by atomic mass is 16.5. The quantitative estimate of drug-likeness (QED) is 0.737. The van der Waals surface area contributed by atoms with Gasteiger partial charge in [-0.15, -0.1) is 0 Å². The van der Waals surface area contributed by atoms with E-state index in [-0.39, 0.29) is 18.1 Å². The predicted octanol–water partition coefficient (Wildman–Crippen LogP) is 0.519. The number of carbonyl (C=O) groups excluding carboxylic acids is 1. The Hall–Kier alpha value is -1.36. The predicted molar refractivity (Wildman–Crippen MR) is 51.6 cm³/mol. The van der Waals surface area contributed by atoms with Crippen molar-refractivity contribution in [3.63, 3.8) is 0 Å². The number of rotatable bonds is 4. The third-order valence-electron chi connectivity index (χ3n) is 1.66. The van der Waals surface area contributed by atoms with Crippen molar-refractivity contribution in [1.29, 1.82) is 0 Å². The maximum atomic E-state index is 11.4. The van der Waals surface area contributed by atoms with E-state index in [0.29, 0.717) is 18.2 Å². The van der Waals surface area contributed by atoms with Gasteiger partial charge in [0.2, 0.25) is 0 Å². The van der Waals surface area contributed by atoms with Crippen molar-refractivity contribution in [2.75, 3.05) is 6.54 Å². The Kier molecular flexibility index (Phi) is 3.64. The minimum absolute atomic E-state index is 0.220. The average Bonchev–Trinajstić information content (AvgIpc) is 2.62. The molecule has 1 aromatic heterocycles. The van der Waals surface area contributed by atoms with Crippen LogP contribution in [0.15, 0.2) is 10.6 Å². The van der Waals surface area contributed by atoms with E-state index in [1.54, 1.807) is 6.07 Å². The van der Waals surface area contributed by atoms with Crippen LogP contribution in [0.4, 0.5) is 0 Å². The SMILES string of the molecule is CC(C)CNC(=O)c1cc(CN)on1. The van der Waals surface area contributed by atoms with E-state index < -0.39 is 0 Å². The smallest absolute Gasteiger partial charge is 0.273 e. The Morgan fingerprint density at radius 1 is 1.71 bits per heavy atom. The van der Waals surface area contributed by atoms with E-state index in [2.05, 4.69) is 10.5 Å². The van der Waals surface area contributed by atoms with Crippen molar-refractivity contribution >= 4 is 5.91 Å². The molecular weight excluding hydrogens is 182 g/mol. The van der Waals surface area contributed by atoms with Crippen LogP contribution in [0.5, 0.6) is 0 Å². The van der Waals surface area contributed by atoms with Crippen LogP contribution in [0.1, 0.15) is 30.1 Å². The van der Waals surface area contributed by atoms with Gasteiger partial charge in [0.25, 0.3) is 5.91 Å². The molecule has 0 aliphatic heterocycles. The molecular formula is C9H15N3O2. The van der Waals surface area contributed by atoms with Gasteiger partial charge >= 0.3 is 0 Å². The largest absolute Gasteiger partial charge is 0.359 e. The highest BCUT2D eigenvalue weighted by Gasteiger charge is 2.11. The summed E-state index contributed by atoms with van der Waals surface area (Å²) in [5.41, 5.74) is 5.60. The Bertz CT molecular complexity index is 307. The first kappa shape index (κ1) is 10.7. The second-order valence-corrected chi connectivity index (χ2v) is 3.49. The lowest BCUT2D eigenvalue weighted by molar-refractivity contribution is 0.0940. The van der Waals surface area contributed by atoms with Crippen molar-refractivity contribution in [3.8, 4) is 0 Å². The highest BCUT2D eigenvalue weighted by molar-refractivity contribution is 5.92. The molecule has 0 aliphatic carbocycles. The van der Waals surface area contributed by atoms with Gasteiger partial charge in [-0.3, -0.25) is 4.79 Å². The van der Waals surface area contributed by atoms with Crippen LogP contribution in [0, 0.1) is 5.92 Å². The standard InChI is InChI=1S/C9H15N3O2/c1-6(2)5-11-9(13)8-3-7(4-10)14-12-8/h3,6H,4-5,10H2,1-2H3,(H,11,13). The lowest BCUT2D eigenvalue weighted by Crippen LogP contribution is -2.27. The zero-order valence-corrected chi connectivity index (χ0v) is 8.41. The summed E-state index contributed by atoms with van der Waals surface area (Å²) in [6.07, 6.45) is 0. The molecule has 5 heteroatoms. The first-order chi connectivity index (χ1) is 6.63. The maximum absolute atomic E-state index is 11.4. The van der Waals surface area contributed by atoms with Gasteiger partial charge in [-0.05, 0) is 5.92 Å². The molecule has 1 aromatic rings. The van der Waals surface area contributed by atoms with Crippen molar-refractivity contribution in [3.05, 3.63) is 17.5 Å². The van der Waals surface area contributed by atoms with E-state index in [1.807, 2.05) is 13.8 Å². The first-order valence-electron chi connectivity index (χ1n) is 4.57. The van der Waals surface area contributed by atoms with E-state index in [0.717, 1.165) is 0 Å². The number of nitrogens with one attached hydrogen (secondary N) is 1. The van der Waals surface area contributed by atoms with Gasteiger partial charge in [0.15, 0.2) is 11.5 Å². The van der Waals surface area contributed by atoms with Crippen LogP contribution in [0.3, 0.4) is 0 Å². The number of hydrogen-bond donors (Lipinski definition) is 2. The highest BCUT2D eigenvalue weighted by Crippen LogP contribution is 2.02. The molecule has 14 heavy (non-hydrogen) atoms. The van der Waals surface area contributed by atoms with Gasteiger partial charge in [-0.25, -0.2) is 0 Å². The third kappa shape index (κ3) is 2.85. The Morgan fingerprint density at radius 3 is 2.93 bits per heavy atom. The second-order valence-electron chi connectivity index (χ2n) is 3.49. The number of amides is 1. The van der Waals surface area contributed by atoms with E-state index in [4.69, 9.17) is 10.3 Å². The van der Waals surface area contributed by atoms with Crippen LogP contribution in [0.2, 0.25) is 0 Å². The monoisotopic (exact) mass is 197 g/mol. The minimum Gasteiger partial charge on any atom is -0.359 e. The fourth-order valence-electron chi connectivity index (χ4n) is 0.904. The van der Waals surface area contributed by atoms with Gasteiger partial charge in [0.1, 0.15) is 0 Å². The summed E-state index contributed by atoms with van der Waals surface area (Å²) in [4.78, 5) is 11.4. The molecule has 0 aromatic carbocycles. The van der Waals surface area contributed by atoms with Crippen LogP contribution < -0.4 is 11.1 Å². The number of aromatic nitrogens is 1. The Balaban J connectivity index is 2.52. The van der Waals surface area contributed by atoms with E-state index >= 15 is 0 Å². The second kappa shape index (κ2) is 4.76. The lowest BCUT2D eigenvalue weighted by Gasteiger charge is -2.04. The molecule has 0 atom stereocenters. The fourth-order valence-corrected chi connectivity index (χ4v) is 0.904.